The summed E-state index contributed by atoms with van der Waals surface area (Å²) in [5.74, 6) is 1.21. The maximum atomic E-state index is 11.3. The van der Waals surface area contributed by atoms with E-state index in [1.165, 1.54) is 25.6 Å². The average molecular weight is 445 g/mol. The van der Waals surface area contributed by atoms with Gasteiger partial charge in [0.2, 0.25) is 0 Å². The standard InChI is InChI=1S/C16H28O6S4/c1-15(2,25(17,18)19)9-11-23-13-5-7-14(8-6-13)24-12-10-16(3,4)26(20,21)22/h5-8,17-19H,9-12H2,1-4H3,(H,20,21,22). The zero-order chi connectivity index (χ0) is 20.2. The van der Waals surface area contributed by atoms with E-state index >= 15 is 0 Å². The van der Waals surface area contributed by atoms with Crippen LogP contribution < -0.4 is 0 Å². The van der Waals surface area contributed by atoms with E-state index in [1.807, 2.05) is 24.3 Å². The third-order valence-electron chi connectivity index (χ3n) is 4.21. The summed E-state index contributed by atoms with van der Waals surface area (Å²) < 4.78 is 57.8. The number of rotatable bonds is 10. The SMILES string of the molecule is CC(C)(CCSc1ccc(SCCC(C)(C)S(=O)(=O)O)cc1)S(O)(O)O. The van der Waals surface area contributed by atoms with Crippen LogP contribution in [-0.2, 0) is 10.1 Å². The highest BCUT2D eigenvalue weighted by Crippen LogP contribution is 2.50. The molecule has 1 aromatic carbocycles. The molecule has 0 aromatic heterocycles. The topological polar surface area (TPSA) is 115 Å². The molecule has 0 fully saturated rings. The van der Waals surface area contributed by atoms with Crippen molar-refractivity contribution < 1.29 is 26.6 Å². The Labute approximate surface area is 166 Å². The van der Waals surface area contributed by atoms with Gasteiger partial charge in [0.25, 0.3) is 10.1 Å². The number of benzene rings is 1. The lowest BCUT2D eigenvalue weighted by Gasteiger charge is -2.37. The van der Waals surface area contributed by atoms with Crippen molar-refractivity contribution in [3.63, 3.8) is 0 Å². The Morgan fingerprint density at radius 1 is 0.769 bits per heavy atom. The van der Waals surface area contributed by atoms with E-state index in [2.05, 4.69) is 0 Å². The lowest BCUT2D eigenvalue weighted by molar-refractivity contribution is 0.337. The van der Waals surface area contributed by atoms with Gasteiger partial charge in [0.15, 0.2) is 0 Å². The number of hydrogen-bond acceptors (Lipinski definition) is 7. The molecule has 26 heavy (non-hydrogen) atoms. The first-order valence-electron chi connectivity index (χ1n) is 7.99. The Balaban J connectivity index is 2.47. The minimum atomic E-state index is -4.06. The van der Waals surface area contributed by atoms with Crippen LogP contribution in [0.4, 0.5) is 0 Å². The first-order chi connectivity index (χ1) is 11.7. The van der Waals surface area contributed by atoms with Crippen molar-refractivity contribution in [2.45, 2.75) is 59.8 Å². The Bertz CT molecular complexity index is 678. The first kappa shape index (κ1) is 24.1. The van der Waals surface area contributed by atoms with Gasteiger partial charge in [-0.3, -0.25) is 4.55 Å². The van der Waals surface area contributed by atoms with Crippen LogP contribution in [0, 0.1) is 0 Å². The highest BCUT2D eigenvalue weighted by molar-refractivity contribution is 8.20. The summed E-state index contributed by atoms with van der Waals surface area (Å²) in [4.78, 5) is 2.03. The summed E-state index contributed by atoms with van der Waals surface area (Å²) in [7, 11) is -7.64. The molecule has 0 aliphatic carbocycles. The van der Waals surface area contributed by atoms with Crippen molar-refractivity contribution >= 4 is 44.5 Å². The molecule has 0 amide bonds. The number of hydrogen-bond donors (Lipinski definition) is 4. The molecule has 1 rings (SSSR count). The predicted molar refractivity (Wildman–Crippen MR) is 112 cm³/mol. The highest BCUT2D eigenvalue weighted by atomic mass is 32.3. The van der Waals surface area contributed by atoms with Gasteiger partial charge >= 0.3 is 0 Å². The summed E-state index contributed by atoms with van der Waals surface area (Å²) in [5, 5.41) is 0. The third kappa shape index (κ3) is 7.23. The molecule has 0 heterocycles. The molecule has 0 saturated carbocycles. The van der Waals surface area contributed by atoms with Gasteiger partial charge in [0.1, 0.15) is 0 Å². The van der Waals surface area contributed by atoms with E-state index in [1.54, 1.807) is 25.6 Å². The highest BCUT2D eigenvalue weighted by Gasteiger charge is 2.35. The van der Waals surface area contributed by atoms with Crippen LogP contribution in [0.15, 0.2) is 34.1 Å². The molecule has 4 N–H and O–H groups in total. The molecular weight excluding hydrogens is 416 g/mol. The van der Waals surface area contributed by atoms with Crippen molar-refractivity contribution in [3.05, 3.63) is 24.3 Å². The molecule has 0 saturated heterocycles. The summed E-state index contributed by atoms with van der Waals surface area (Å²) in [6.45, 7) is 6.25. The molecule has 0 aliphatic rings. The van der Waals surface area contributed by atoms with Crippen LogP contribution in [0.2, 0.25) is 0 Å². The second-order valence-corrected chi connectivity index (χ2v) is 13.7. The molecule has 152 valence electrons. The zero-order valence-corrected chi connectivity index (χ0v) is 18.6. The third-order valence-corrected chi connectivity index (χ3v) is 9.52. The number of thioether (sulfide) groups is 2. The van der Waals surface area contributed by atoms with Gasteiger partial charge in [-0.25, -0.2) is 0 Å². The maximum absolute atomic E-state index is 11.3. The van der Waals surface area contributed by atoms with E-state index in [0.29, 0.717) is 24.3 Å². The first-order valence-corrected chi connectivity index (χ1v) is 12.9. The van der Waals surface area contributed by atoms with Crippen LogP contribution in [0.5, 0.6) is 0 Å². The Hall–Kier alpha value is 0.0600. The quantitative estimate of drug-likeness (QED) is 0.283. The van der Waals surface area contributed by atoms with Crippen LogP contribution in [0.1, 0.15) is 40.5 Å². The van der Waals surface area contributed by atoms with Gasteiger partial charge in [-0.05, 0) is 76.3 Å². The summed E-state index contributed by atoms with van der Waals surface area (Å²) >= 11 is 3.08. The van der Waals surface area contributed by atoms with E-state index in [-0.39, 0.29) is 0 Å². The molecule has 10 heteroatoms. The molecule has 0 radical (unpaired) electrons. The van der Waals surface area contributed by atoms with Gasteiger partial charge in [-0.1, -0.05) is 0 Å². The predicted octanol–water partition coefficient (Wildman–Crippen LogP) is 5.32. The van der Waals surface area contributed by atoms with Crippen molar-refractivity contribution in [2.24, 2.45) is 0 Å². The van der Waals surface area contributed by atoms with E-state index in [9.17, 15) is 26.6 Å². The fourth-order valence-electron chi connectivity index (χ4n) is 1.73. The molecule has 0 unspecified atom stereocenters. The van der Waals surface area contributed by atoms with E-state index in [4.69, 9.17) is 0 Å². The summed E-state index contributed by atoms with van der Waals surface area (Å²) in [6, 6.07) is 7.78. The molecule has 0 aliphatic heterocycles. The molecule has 0 bridgehead atoms. The van der Waals surface area contributed by atoms with Crippen molar-refractivity contribution in [2.75, 3.05) is 11.5 Å². The van der Waals surface area contributed by atoms with Crippen molar-refractivity contribution in [1.29, 1.82) is 0 Å². The van der Waals surface area contributed by atoms with Gasteiger partial charge in [-0.2, -0.15) is 8.42 Å². The van der Waals surface area contributed by atoms with Crippen LogP contribution in [-0.4, -0.2) is 47.6 Å². The summed E-state index contributed by atoms with van der Waals surface area (Å²) in [5.41, 5.74) is 0. The minimum Gasteiger partial charge on any atom is -0.308 e. The largest absolute Gasteiger partial charge is 0.308 e. The molecule has 1 aromatic rings. The fraction of sp³-hybridized carbons (Fsp3) is 0.625. The van der Waals surface area contributed by atoms with E-state index in [0.717, 1.165) is 9.79 Å². The molecule has 6 nitrogen and oxygen atoms in total. The fourth-order valence-corrected chi connectivity index (χ4v) is 5.07. The Morgan fingerprint density at radius 3 is 1.42 bits per heavy atom. The smallest absolute Gasteiger partial charge is 0.270 e. The zero-order valence-electron chi connectivity index (χ0n) is 15.4. The Kier molecular flexibility index (Phi) is 8.38. The van der Waals surface area contributed by atoms with Crippen molar-refractivity contribution in [1.82, 2.24) is 0 Å². The van der Waals surface area contributed by atoms with Crippen molar-refractivity contribution in [3.8, 4) is 0 Å². The average Bonchev–Trinajstić information content (AvgIpc) is 2.46. The lowest BCUT2D eigenvalue weighted by atomic mass is 10.1. The van der Waals surface area contributed by atoms with E-state index < -0.39 is 30.5 Å². The Morgan fingerprint density at radius 2 is 1.12 bits per heavy atom. The maximum Gasteiger partial charge on any atom is 0.270 e. The monoisotopic (exact) mass is 444 g/mol. The van der Waals surface area contributed by atoms with Crippen LogP contribution in [0.3, 0.4) is 0 Å². The minimum absolute atomic E-state index is 0.343. The van der Waals surface area contributed by atoms with Crippen LogP contribution >= 0.6 is 34.4 Å². The summed E-state index contributed by atoms with van der Waals surface area (Å²) in [6.07, 6.45) is 0.799. The second-order valence-electron chi connectivity index (χ2n) is 7.18. The van der Waals surface area contributed by atoms with Gasteiger partial charge in [0, 0.05) is 9.79 Å². The van der Waals surface area contributed by atoms with Crippen LogP contribution in [0.25, 0.3) is 0 Å². The van der Waals surface area contributed by atoms with Gasteiger partial charge in [0.05, 0.1) is 20.4 Å². The molecule has 0 atom stereocenters. The second kappa shape index (κ2) is 9.04. The normalized spacial score (nSPS) is 14.5. The van der Waals surface area contributed by atoms with Gasteiger partial charge < -0.3 is 13.7 Å². The molecular formula is C16H28O6S4. The molecule has 0 spiro atoms. The van der Waals surface area contributed by atoms with Gasteiger partial charge in [-0.15, -0.1) is 23.5 Å². The lowest BCUT2D eigenvalue weighted by Crippen LogP contribution is -2.31.